The van der Waals surface area contributed by atoms with Crippen molar-refractivity contribution in [2.24, 2.45) is 0 Å². The number of aliphatic hydroxyl groups excluding tert-OH is 1. The summed E-state index contributed by atoms with van der Waals surface area (Å²) in [5.41, 5.74) is 1.21. The van der Waals surface area contributed by atoms with Crippen LogP contribution in [0.4, 0.5) is 0 Å². The second-order valence-corrected chi connectivity index (χ2v) is 4.29. The molecular weight excluding hydrogens is 180 g/mol. The molecule has 68 valence electrons. The van der Waals surface area contributed by atoms with Crippen LogP contribution in [0.1, 0.15) is 12.5 Å². The molecule has 0 aliphatic heterocycles. The normalized spacial score (nSPS) is 13.4. The minimum Gasteiger partial charge on any atom is -0.393 e. The lowest BCUT2D eigenvalue weighted by molar-refractivity contribution is 0.195. The van der Waals surface area contributed by atoms with Crippen LogP contribution in [0.25, 0.3) is 10.1 Å². The zero-order chi connectivity index (χ0) is 9.26. The van der Waals surface area contributed by atoms with E-state index in [0.29, 0.717) is 0 Å². The van der Waals surface area contributed by atoms with Crippen LogP contribution < -0.4 is 0 Å². The minimum atomic E-state index is -0.254. The van der Waals surface area contributed by atoms with Crippen LogP contribution in [0.3, 0.4) is 0 Å². The Bertz CT molecular complexity index is 403. The maximum Gasteiger partial charge on any atom is 0.0552 e. The van der Waals surface area contributed by atoms with Crippen LogP contribution >= 0.6 is 11.3 Å². The van der Waals surface area contributed by atoms with Crippen molar-refractivity contribution in [1.82, 2.24) is 0 Å². The first-order chi connectivity index (χ1) is 6.25. The molecule has 0 unspecified atom stereocenters. The summed E-state index contributed by atoms with van der Waals surface area (Å²) in [6.45, 7) is 1.82. The smallest absolute Gasteiger partial charge is 0.0552 e. The molecule has 0 aliphatic carbocycles. The summed E-state index contributed by atoms with van der Waals surface area (Å²) >= 11 is 1.75. The maximum absolute atomic E-state index is 9.23. The van der Waals surface area contributed by atoms with E-state index in [9.17, 15) is 5.11 Å². The van der Waals surface area contributed by atoms with Crippen molar-refractivity contribution < 1.29 is 5.11 Å². The van der Waals surface area contributed by atoms with Gasteiger partial charge in [0.15, 0.2) is 0 Å². The van der Waals surface area contributed by atoms with Crippen LogP contribution in [0.2, 0.25) is 0 Å². The first-order valence-electron chi connectivity index (χ1n) is 4.40. The van der Waals surface area contributed by atoms with E-state index in [-0.39, 0.29) is 6.10 Å². The molecule has 1 nitrogen and oxygen atoms in total. The highest BCUT2D eigenvalue weighted by atomic mass is 32.1. The van der Waals surface area contributed by atoms with E-state index >= 15 is 0 Å². The molecule has 0 bridgehead atoms. The fourth-order valence-corrected chi connectivity index (χ4v) is 2.26. The van der Waals surface area contributed by atoms with Crippen molar-refractivity contribution in [1.29, 1.82) is 0 Å². The Hall–Kier alpha value is -0.860. The average Bonchev–Trinajstić information content (AvgIpc) is 2.49. The standard InChI is InChI=1S/C11H12OS/c1-8(12)6-9-2-3-11-10(7-9)4-5-13-11/h2-5,7-8,12H,6H2,1H3/t8-/m1/s1. The van der Waals surface area contributed by atoms with Crippen LogP contribution in [0, 0.1) is 0 Å². The van der Waals surface area contributed by atoms with Crippen LogP contribution in [0.15, 0.2) is 29.6 Å². The summed E-state index contributed by atoms with van der Waals surface area (Å²) in [6, 6.07) is 8.48. The highest BCUT2D eigenvalue weighted by Crippen LogP contribution is 2.22. The lowest BCUT2D eigenvalue weighted by Crippen LogP contribution is -2.03. The largest absolute Gasteiger partial charge is 0.393 e. The van der Waals surface area contributed by atoms with Gasteiger partial charge in [0.1, 0.15) is 0 Å². The quantitative estimate of drug-likeness (QED) is 0.775. The number of rotatable bonds is 2. The Morgan fingerprint density at radius 3 is 3.00 bits per heavy atom. The summed E-state index contributed by atoms with van der Waals surface area (Å²) < 4.78 is 1.31. The molecule has 0 radical (unpaired) electrons. The molecule has 1 aromatic carbocycles. The van der Waals surface area contributed by atoms with Gasteiger partial charge >= 0.3 is 0 Å². The molecule has 1 aromatic heterocycles. The molecule has 2 heteroatoms. The average molecular weight is 192 g/mol. The zero-order valence-electron chi connectivity index (χ0n) is 7.53. The topological polar surface area (TPSA) is 20.2 Å². The zero-order valence-corrected chi connectivity index (χ0v) is 8.34. The Labute approximate surface area is 81.6 Å². The third-order valence-electron chi connectivity index (χ3n) is 2.05. The van der Waals surface area contributed by atoms with Gasteiger partial charge in [-0.1, -0.05) is 12.1 Å². The van der Waals surface area contributed by atoms with Crippen molar-refractivity contribution in [3.63, 3.8) is 0 Å². The molecule has 0 spiro atoms. The summed E-state index contributed by atoms with van der Waals surface area (Å²) in [7, 11) is 0. The van der Waals surface area contributed by atoms with E-state index < -0.39 is 0 Å². The molecule has 1 N–H and O–H groups in total. The van der Waals surface area contributed by atoms with Crippen molar-refractivity contribution >= 4 is 21.4 Å². The Morgan fingerprint density at radius 2 is 2.23 bits per heavy atom. The molecule has 0 saturated heterocycles. The van der Waals surface area contributed by atoms with Crippen molar-refractivity contribution in [2.75, 3.05) is 0 Å². The fraction of sp³-hybridized carbons (Fsp3) is 0.273. The summed E-state index contributed by atoms with van der Waals surface area (Å²) in [4.78, 5) is 0. The van der Waals surface area contributed by atoms with Crippen molar-refractivity contribution in [2.45, 2.75) is 19.4 Å². The van der Waals surface area contributed by atoms with Gasteiger partial charge in [0, 0.05) is 4.70 Å². The molecule has 0 aliphatic rings. The first-order valence-corrected chi connectivity index (χ1v) is 5.28. The second kappa shape index (κ2) is 3.48. The summed E-state index contributed by atoms with van der Waals surface area (Å²) in [5, 5.41) is 12.6. The predicted octanol–water partition coefficient (Wildman–Crippen LogP) is 2.82. The molecule has 0 fully saturated rings. The number of hydrogen-bond donors (Lipinski definition) is 1. The number of benzene rings is 1. The van der Waals surface area contributed by atoms with E-state index in [1.54, 1.807) is 11.3 Å². The molecular formula is C11H12OS. The molecule has 0 saturated carbocycles. The van der Waals surface area contributed by atoms with E-state index in [4.69, 9.17) is 0 Å². The van der Waals surface area contributed by atoms with Gasteiger partial charge in [0.2, 0.25) is 0 Å². The highest BCUT2D eigenvalue weighted by Gasteiger charge is 2.00. The SMILES string of the molecule is C[C@@H](O)Cc1ccc2sccc2c1. The molecule has 2 aromatic rings. The lowest BCUT2D eigenvalue weighted by atomic mass is 10.1. The monoisotopic (exact) mass is 192 g/mol. The van der Waals surface area contributed by atoms with Gasteiger partial charge in [-0.05, 0) is 41.8 Å². The Balaban J connectivity index is 2.37. The first kappa shape index (κ1) is 8.73. The van der Waals surface area contributed by atoms with Gasteiger partial charge in [-0.25, -0.2) is 0 Å². The van der Waals surface area contributed by atoms with Gasteiger partial charge in [-0.2, -0.15) is 0 Å². The number of fused-ring (bicyclic) bond motifs is 1. The van der Waals surface area contributed by atoms with E-state index in [1.165, 1.54) is 15.6 Å². The summed E-state index contributed by atoms with van der Waals surface area (Å²) in [5.74, 6) is 0. The van der Waals surface area contributed by atoms with Gasteiger partial charge in [0.05, 0.1) is 6.10 Å². The summed E-state index contributed by atoms with van der Waals surface area (Å²) in [6.07, 6.45) is 0.488. The van der Waals surface area contributed by atoms with Crippen molar-refractivity contribution in [3.05, 3.63) is 35.2 Å². The van der Waals surface area contributed by atoms with Crippen LogP contribution in [-0.2, 0) is 6.42 Å². The Morgan fingerprint density at radius 1 is 1.38 bits per heavy atom. The predicted molar refractivity (Wildman–Crippen MR) is 57.2 cm³/mol. The van der Waals surface area contributed by atoms with Crippen molar-refractivity contribution in [3.8, 4) is 0 Å². The van der Waals surface area contributed by atoms with Gasteiger partial charge in [-0.15, -0.1) is 11.3 Å². The fourth-order valence-electron chi connectivity index (χ4n) is 1.48. The van der Waals surface area contributed by atoms with E-state index in [1.807, 2.05) is 6.92 Å². The second-order valence-electron chi connectivity index (χ2n) is 3.35. The van der Waals surface area contributed by atoms with Gasteiger partial charge in [0.25, 0.3) is 0 Å². The van der Waals surface area contributed by atoms with E-state index in [0.717, 1.165) is 6.42 Å². The molecule has 2 rings (SSSR count). The van der Waals surface area contributed by atoms with Crippen LogP contribution in [-0.4, -0.2) is 11.2 Å². The molecule has 1 heterocycles. The maximum atomic E-state index is 9.23. The van der Waals surface area contributed by atoms with Gasteiger partial charge < -0.3 is 5.11 Å². The van der Waals surface area contributed by atoms with Crippen LogP contribution in [0.5, 0.6) is 0 Å². The van der Waals surface area contributed by atoms with E-state index in [2.05, 4.69) is 29.6 Å². The third kappa shape index (κ3) is 1.90. The number of aliphatic hydroxyl groups is 1. The highest BCUT2D eigenvalue weighted by molar-refractivity contribution is 7.17. The third-order valence-corrected chi connectivity index (χ3v) is 2.95. The molecule has 13 heavy (non-hydrogen) atoms. The number of thiophene rings is 1. The molecule has 0 amide bonds. The Kier molecular flexibility index (Phi) is 2.34. The van der Waals surface area contributed by atoms with Gasteiger partial charge in [-0.3, -0.25) is 0 Å². The molecule has 1 atom stereocenters. The minimum absolute atomic E-state index is 0.254. The number of hydrogen-bond acceptors (Lipinski definition) is 2. The lowest BCUT2D eigenvalue weighted by Gasteiger charge is -2.03.